The Balaban J connectivity index is 1.59. The Morgan fingerprint density at radius 3 is 2.25 bits per heavy atom. The summed E-state index contributed by atoms with van der Waals surface area (Å²) >= 11 is 11.8. The van der Waals surface area contributed by atoms with Crippen LogP contribution in [0.3, 0.4) is 0 Å². The Hall–Kier alpha value is -1.64. The maximum atomic E-state index is 12.8. The summed E-state index contributed by atoms with van der Waals surface area (Å²) in [5.74, 6) is -0.156. The van der Waals surface area contributed by atoms with Crippen LogP contribution in [0, 0.1) is 0 Å². The predicted molar refractivity (Wildman–Crippen MR) is 111 cm³/mol. The first-order valence-electron chi connectivity index (χ1n) is 8.83. The molecule has 0 saturated carbocycles. The first-order valence-corrected chi connectivity index (χ1v) is 11.0. The number of nitrogens with one attached hydrogen (secondary N) is 1. The fourth-order valence-corrected chi connectivity index (χ4v) is 4.80. The number of nitrogens with zero attached hydrogens (tertiary/aromatic N) is 2. The maximum Gasteiger partial charge on any atom is 0.243 e. The number of rotatable bonds is 5. The van der Waals surface area contributed by atoms with E-state index in [1.54, 1.807) is 36.4 Å². The lowest BCUT2D eigenvalue weighted by Gasteiger charge is -2.36. The van der Waals surface area contributed by atoms with E-state index in [2.05, 4.69) is 5.32 Å². The molecule has 1 N–H and O–H groups in total. The van der Waals surface area contributed by atoms with Gasteiger partial charge >= 0.3 is 0 Å². The second kappa shape index (κ2) is 8.80. The third-order valence-electron chi connectivity index (χ3n) is 4.74. The minimum absolute atomic E-state index is 0.156. The molecule has 150 valence electrons. The highest BCUT2D eigenvalue weighted by atomic mass is 35.5. The number of benzene rings is 2. The van der Waals surface area contributed by atoms with Crippen LogP contribution in [0.2, 0.25) is 10.0 Å². The van der Waals surface area contributed by atoms with Gasteiger partial charge in [0.1, 0.15) is 0 Å². The summed E-state index contributed by atoms with van der Waals surface area (Å²) in [6.07, 6.45) is 0. The van der Waals surface area contributed by atoms with Crippen LogP contribution in [0.15, 0.2) is 53.4 Å². The molecular weight excluding hydrogens is 421 g/mol. The van der Waals surface area contributed by atoms with E-state index in [1.807, 2.05) is 11.8 Å². The molecule has 1 atom stereocenters. The first-order chi connectivity index (χ1) is 13.3. The van der Waals surface area contributed by atoms with Crippen molar-refractivity contribution in [1.82, 2.24) is 9.21 Å². The monoisotopic (exact) mass is 441 g/mol. The average molecular weight is 442 g/mol. The van der Waals surface area contributed by atoms with E-state index in [4.69, 9.17) is 23.2 Å². The molecule has 28 heavy (non-hydrogen) atoms. The summed E-state index contributed by atoms with van der Waals surface area (Å²) < 4.78 is 26.9. The van der Waals surface area contributed by atoms with Crippen LogP contribution in [0.25, 0.3) is 0 Å². The van der Waals surface area contributed by atoms with Crippen LogP contribution in [0.5, 0.6) is 0 Å². The van der Waals surface area contributed by atoms with E-state index in [-0.39, 0.29) is 16.8 Å². The molecule has 1 heterocycles. The van der Waals surface area contributed by atoms with Gasteiger partial charge in [-0.05, 0) is 49.4 Å². The molecule has 3 rings (SSSR count). The van der Waals surface area contributed by atoms with Crippen molar-refractivity contribution in [2.75, 3.05) is 31.5 Å². The standard InChI is InChI=1S/C19H21Cl2N3O3S/c1-14(19(25)22-17-4-2-3-16(21)13-17)23-9-11-24(12-10-23)28(26,27)18-7-5-15(20)6-8-18/h2-8,13-14H,9-12H2,1H3,(H,22,25). The van der Waals surface area contributed by atoms with Crippen molar-refractivity contribution >= 4 is 44.8 Å². The van der Waals surface area contributed by atoms with Gasteiger partial charge in [0, 0.05) is 41.9 Å². The number of hydrogen-bond donors (Lipinski definition) is 1. The summed E-state index contributed by atoms with van der Waals surface area (Å²) in [6.45, 7) is 3.39. The fraction of sp³-hybridized carbons (Fsp3) is 0.316. The number of anilines is 1. The van der Waals surface area contributed by atoms with Gasteiger partial charge in [-0.25, -0.2) is 8.42 Å². The fourth-order valence-electron chi connectivity index (χ4n) is 3.07. The van der Waals surface area contributed by atoms with Crippen molar-refractivity contribution in [2.45, 2.75) is 17.9 Å². The number of amides is 1. The Bertz CT molecular complexity index is 943. The third-order valence-corrected chi connectivity index (χ3v) is 7.14. The molecule has 1 amide bonds. The summed E-state index contributed by atoms with van der Waals surface area (Å²) in [5, 5.41) is 3.88. The van der Waals surface area contributed by atoms with Crippen LogP contribution in [0.4, 0.5) is 5.69 Å². The molecule has 0 spiro atoms. The maximum absolute atomic E-state index is 12.8. The van der Waals surface area contributed by atoms with Crippen LogP contribution in [0.1, 0.15) is 6.92 Å². The molecule has 1 fully saturated rings. The van der Waals surface area contributed by atoms with E-state index in [0.29, 0.717) is 41.9 Å². The van der Waals surface area contributed by atoms with E-state index >= 15 is 0 Å². The Labute approximate surface area is 175 Å². The summed E-state index contributed by atoms with van der Waals surface area (Å²) in [5.41, 5.74) is 0.633. The lowest BCUT2D eigenvalue weighted by atomic mass is 10.2. The van der Waals surface area contributed by atoms with Gasteiger partial charge in [0.15, 0.2) is 0 Å². The van der Waals surface area contributed by atoms with Gasteiger partial charge in [0.25, 0.3) is 0 Å². The summed E-state index contributed by atoms with van der Waals surface area (Å²) in [7, 11) is -3.57. The third kappa shape index (κ3) is 4.85. The zero-order chi connectivity index (χ0) is 20.3. The first kappa shape index (κ1) is 21.1. The van der Waals surface area contributed by atoms with Gasteiger partial charge in [-0.2, -0.15) is 4.31 Å². The van der Waals surface area contributed by atoms with Gasteiger partial charge in [-0.1, -0.05) is 29.3 Å². The van der Waals surface area contributed by atoms with Crippen molar-refractivity contribution in [1.29, 1.82) is 0 Å². The van der Waals surface area contributed by atoms with Gasteiger partial charge in [-0.3, -0.25) is 9.69 Å². The second-order valence-corrected chi connectivity index (χ2v) is 9.38. The average Bonchev–Trinajstić information content (AvgIpc) is 2.68. The smallest absolute Gasteiger partial charge is 0.243 e. The van der Waals surface area contributed by atoms with Gasteiger partial charge in [0.05, 0.1) is 10.9 Å². The minimum Gasteiger partial charge on any atom is -0.325 e. The topological polar surface area (TPSA) is 69.7 Å². The van der Waals surface area contributed by atoms with E-state index in [9.17, 15) is 13.2 Å². The molecule has 0 bridgehead atoms. The number of piperazine rings is 1. The minimum atomic E-state index is -3.57. The normalized spacial score (nSPS) is 17.2. The highest BCUT2D eigenvalue weighted by Gasteiger charge is 2.31. The number of halogens is 2. The van der Waals surface area contributed by atoms with Crippen molar-refractivity contribution in [3.05, 3.63) is 58.6 Å². The molecule has 1 aliphatic rings. The number of carbonyl (C=O) groups is 1. The molecule has 2 aromatic rings. The molecule has 6 nitrogen and oxygen atoms in total. The van der Waals surface area contributed by atoms with E-state index in [0.717, 1.165) is 0 Å². The van der Waals surface area contributed by atoms with Crippen molar-refractivity contribution in [3.8, 4) is 0 Å². The Morgan fingerprint density at radius 1 is 1.00 bits per heavy atom. The Morgan fingerprint density at radius 2 is 1.64 bits per heavy atom. The predicted octanol–water partition coefficient (Wildman–Crippen LogP) is 3.33. The second-order valence-electron chi connectivity index (χ2n) is 6.57. The molecule has 1 unspecified atom stereocenters. The van der Waals surface area contributed by atoms with Crippen molar-refractivity contribution < 1.29 is 13.2 Å². The molecular formula is C19H21Cl2N3O3S. The zero-order valence-electron chi connectivity index (χ0n) is 15.3. The van der Waals surface area contributed by atoms with Crippen molar-refractivity contribution in [2.24, 2.45) is 0 Å². The van der Waals surface area contributed by atoms with Crippen molar-refractivity contribution in [3.63, 3.8) is 0 Å². The van der Waals surface area contributed by atoms with Crippen LogP contribution in [-0.2, 0) is 14.8 Å². The number of carbonyl (C=O) groups excluding carboxylic acids is 1. The quantitative estimate of drug-likeness (QED) is 0.772. The van der Waals surface area contributed by atoms with E-state index < -0.39 is 10.0 Å². The van der Waals surface area contributed by atoms with Crippen LogP contribution < -0.4 is 5.32 Å². The summed E-state index contributed by atoms with van der Waals surface area (Å²) in [4.78, 5) is 14.7. The van der Waals surface area contributed by atoms with Crippen LogP contribution >= 0.6 is 23.2 Å². The number of sulfonamides is 1. The lowest BCUT2D eigenvalue weighted by Crippen LogP contribution is -2.53. The molecule has 0 radical (unpaired) electrons. The summed E-state index contributed by atoms with van der Waals surface area (Å²) in [6, 6.07) is 12.7. The highest BCUT2D eigenvalue weighted by molar-refractivity contribution is 7.89. The Kier molecular flexibility index (Phi) is 6.62. The molecule has 2 aromatic carbocycles. The van der Waals surface area contributed by atoms with Gasteiger partial charge in [-0.15, -0.1) is 0 Å². The molecule has 9 heteroatoms. The molecule has 1 saturated heterocycles. The van der Waals surface area contributed by atoms with Gasteiger partial charge < -0.3 is 5.32 Å². The molecule has 0 aromatic heterocycles. The zero-order valence-corrected chi connectivity index (χ0v) is 17.6. The molecule has 0 aliphatic carbocycles. The van der Waals surface area contributed by atoms with Gasteiger partial charge in [0.2, 0.25) is 15.9 Å². The highest BCUT2D eigenvalue weighted by Crippen LogP contribution is 2.21. The van der Waals surface area contributed by atoms with Crippen LogP contribution in [-0.4, -0.2) is 55.8 Å². The molecule has 1 aliphatic heterocycles. The largest absolute Gasteiger partial charge is 0.325 e. The SMILES string of the molecule is CC(C(=O)Nc1cccc(Cl)c1)N1CCN(S(=O)(=O)c2ccc(Cl)cc2)CC1. The lowest BCUT2D eigenvalue weighted by molar-refractivity contribution is -0.121. The number of hydrogen-bond acceptors (Lipinski definition) is 4. The van der Waals surface area contributed by atoms with E-state index in [1.165, 1.54) is 16.4 Å².